The van der Waals surface area contributed by atoms with Gasteiger partial charge in [-0.05, 0) is 94.3 Å². The summed E-state index contributed by atoms with van der Waals surface area (Å²) in [5.41, 5.74) is 6.35. The van der Waals surface area contributed by atoms with Gasteiger partial charge in [-0.15, -0.1) is 0 Å². The van der Waals surface area contributed by atoms with Gasteiger partial charge in [-0.2, -0.15) is 0 Å². The summed E-state index contributed by atoms with van der Waals surface area (Å²) in [6.07, 6.45) is 0. The lowest BCUT2D eigenvalue weighted by Gasteiger charge is -2.25. The van der Waals surface area contributed by atoms with Gasteiger partial charge in [0.15, 0.2) is 0 Å². The van der Waals surface area contributed by atoms with Gasteiger partial charge in [-0.3, -0.25) is 0 Å². The van der Waals surface area contributed by atoms with Crippen LogP contribution in [0.3, 0.4) is 0 Å². The van der Waals surface area contributed by atoms with Crippen molar-refractivity contribution in [3.8, 4) is 22.3 Å². The van der Waals surface area contributed by atoms with Gasteiger partial charge in [0.05, 0.1) is 0 Å². The van der Waals surface area contributed by atoms with E-state index in [1.165, 1.54) is 92.6 Å². The molecule has 0 radical (unpaired) electrons. The molecular weight excluding hydrogens is 518 g/mol. The van der Waals surface area contributed by atoms with Gasteiger partial charge in [-0.25, -0.2) is 0 Å². The molecule has 9 rings (SSSR count). The highest BCUT2D eigenvalue weighted by molar-refractivity contribution is 6.42. The molecule has 1 heteroatoms. The maximum Gasteiger partial charge on any atom is 0.0441 e. The molecule has 9 aromatic carbocycles. The standard InChI is InChI=1S/C42H29N/c1-43(2)36-23-22-33-40-31(36)21-20-28-18-11-19-32(37(28)40)41-38(26-12-5-3-6-13-26)34-24-29-16-9-10-17-30(29)25-35(34)39(42(33)41)27-14-7-4-8-15-27/h3-25H,1-2H3. The first-order chi connectivity index (χ1) is 21.2. The molecule has 0 aliphatic heterocycles. The van der Waals surface area contributed by atoms with E-state index in [1.54, 1.807) is 0 Å². The fraction of sp³-hybridized carbons (Fsp3) is 0.0476. The molecule has 0 atom stereocenters. The third-order valence-electron chi connectivity index (χ3n) is 9.32. The van der Waals surface area contributed by atoms with Gasteiger partial charge in [0.2, 0.25) is 0 Å². The topological polar surface area (TPSA) is 3.24 Å². The van der Waals surface area contributed by atoms with E-state index in [4.69, 9.17) is 0 Å². The maximum absolute atomic E-state index is 2.42. The summed E-state index contributed by atoms with van der Waals surface area (Å²) in [4.78, 5) is 2.24. The second kappa shape index (κ2) is 9.05. The summed E-state index contributed by atoms with van der Waals surface area (Å²) < 4.78 is 0. The number of hydrogen-bond acceptors (Lipinski definition) is 1. The van der Waals surface area contributed by atoms with Crippen molar-refractivity contribution in [2.45, 2.75) is 0 Å². The predicted molar refractivity (Wildman–Crippen MR) is 188 cm³/mol. The van der Waals surface area contributed by atoms with Crippen LogP contribution in [-0.2, 0) is 0 Å². The molecule has 0 saturated carbocycles. The molecule has 9 aromatic rings. The largest absolute Gasteiger partial charge is 0.377 e. The number of benzene rings is 9. The number of anilines is 1. The summed E-state index contributed by atoms with van der Waals surface area (Å²) in [5, 5.41) is 15.7. The minimum Gasteiger partial charge on any atom is -0.377 e. The van der Waals surface area contributed by atoms with E-state index in [9.17, 15) is 0 Å². The maximum atomic E-state index is 2.42. The summed E-state index contributed by atoms with van der Waals surface area (Å²) in [5.74, 6) is 0. The van der Waals surface area contributed by atoms with E-state index in [0.717, 1.165) is 0 Å². The van der Waals surface area contributed by atoms with Crippen molar-refractivity contribution in [3.63, 3.8) is 0 Å². The summed E-state index contributed by atoms with van der Waals surface area (Å²) in [6, 6.07) is 51.8. The van der Waals surface area contributed by atoms with Crippen molar-refractivity contribution in [2.75, 3.05) is 19.0 Å². The fourth-order valence-corrected chi connectivity index (χ4v) is 7.54. The van der Waals surface area contributed by atoms with Gasteiger partial charge in [0, 0.05) is 30.6 Å². The van der Waals surface area contributed by atoms with Crippen molar-refractivity contribution in [1.29, 1.82) is 0 Å². The van der Waals surface area contributed by atoms with Crippen LogP contribution in [-0.4, -0.2) is 14.1 Å². The number of fused-ring (bicyclic) bond motifs is 5. The van der Waals surface area contributed by atoms with Crippen LogP contribution in [0, 0.1) is 0 Å². The molecule has 0 heterocycles. The molecule has 43 heavy (non-hydrogen) atoms. The molecule has 0 unspecified atom stereocenters. The first-order valence-corrected chi connectivity index (χ1v) is 15.0. The Morgan fingerprint density at radius 3 is 1.44 bits per heavy atom. The Morgan fingerprint density at radius 2 is 0.860 bits per heavy atom. The van der Waals surface area contributed by atoms with Crippen LogP contribution >= 0.6 is 0 Å². The van der Waals surface area contributed by atoms with Gasteiger partial charge in [0.25, 0.3) is 0 Å². The summed E-state index contributed by atoms with van der Waals surface area (Å²) >= 11 is 0. The monoisotopic (exact) mass is 547 g/mol. The minimum atomic E-state index is 1.25. The first kappa shape index (κ1) is 24.2. The third-order valence-corrected chi connectivity index (χ3v) is 9.32. The van der Waals surface area contributed by atoms with Crippen LogP contribution in [0.4, 0.5) is 5.69 Å². The van der Waals surface area contributed by atoms with Crippen LogP contribution in [0.5, 0.6) is 0 Å². The van der Waals surface area contributed by atoms with Crippen LogP contribution < -0.4 is 4.90 Å². The third kappa shape index (κ3) is 3.40. The molecule has 0 aliphatic rings. The smallest absolute Gasteiger partial charge is 0.0441 e. The number of nitrogens with zero attached hydrogens (tertiary/aromatic N) is 1. The molecule has 0 spiro atoms. The van der Waals surface area contributed by atoms with Gasteiger partial charge in [0.1, 0.15) is 0 Å². The molecule has 0 bridgehead atoms. The van der Waals surface area contributed by atoms with Crippen molar-refractivity contribution in [1.82, 2.24) is 0 Å². The van der Waals surface area contributed by atoms with Crippen molar-refractivity contribution < 1.29 is 0 Å². The Hall–Kier alpha value is -5.40. The number of hydrogen-bond donors (Lipinski definition) is 0. The highest BCUT2D eigenvalue weighted by atomic mass is 15.1. The SMILES string of the molecule is CN(C)c1ccc2c3c(-c4ccccc4)c4cc5ccccc5cc4c(-c4ccccc4)c3c3cccc4ccc1c2c43. The van der Waals surface area contributed by atoms with Crippen molar-refractivity contribution in [3.05, 3.63) is 140 Å². The minimum absolute atomic E-state index is 1.25. The Balaban J connectivity index is 1.68. The first-order valence-electron chi connectivity index (χ1n) is 15.0. The van der Waals surface area contributed by atoms with E-state index in [1.807, 2.05) is 0 Å². The zero-order chi connectivity index (χ0) is 28.7. The van der Waals surface area contributed by atoms with E-state index in [2.05, 4.69) is 159 Å². The molecule has 0 aliphatic carbocycles. The highest BCUT2D eigenvalue weighted by Gasteiger charge is 2.24. The van der Waals surface area contributed by atoms with E-state index >= 15 is 0 Å². The second-order valence-corrected chi connectivity index (χ2v) is 11.9. The second-order valence-electron chi connectivity index (χ2n) is 11.9. The average molecular weight is 548 g/mol. The lowest BCUT2D eigenvalue weighted by atomic mass is 9.79. The molecular formula is C42H29N. The fourth-order valence-electron chi connectivity index (χ4n) is 7.54. The predicted octanol–water partition coefficient (Wildman–Crippen LogP) is 11.4. The molecule has 0 amide bonds. The quantitative estimate of drug-likeness (QED) is 0.157. The lowest BCUT2D eigenvalue weighted by molar-refractivity contribution is 1.14. The van der Waals surface area contributed by atoms with Gasteiger partial charge >= 0.3 is 0 Å². The van der Waals surface area contributed by atoms with E-state index < -0.39 is 0 Å². The molecule has 0 N–H and O–H groups in total. The van der Waals surface area contributed by atoms with Crippen LogP contribution in [0.2, 0.25) is 0 Å². The Morgan fingerprint density at radius 1 is 0.349 bits per heavy atom. The lowest BCUT2D eigenvalue weighted by Crippen LogP contribution is -2.09. The molecule has 202 valence electrons. The van der Waals surface area contributed by atoms with Crippen LogP contribution in [0.15, 0.2) is 140 Å². The Labute approximate surface area is 250 Å². The zero-order valence-electron chi connectivity index (χ0n) is 24.2. The Bertz CT molecular complexity index is 2510. The van der Waals surface area contributed by atoms with Gasteiger partial charge in [-0.1, -0.05) is 121 Å². The van der Waals surface area contributed by atoms with Crippen molar-refractivity contribution in [2.24, 2.45) is 0 Å². The zero-order valence-corrected chi connectivity index (χ0v) is 24.2. The van der Waals surface area contributed by atoms with Crippen LogP contribution in [0.1, 0.15) is 0 Å². The molecule has 1 nitrogen and oxygen atoms in total. The van der Waals surface area contributed by atoms with Crippen molar-refractivity contribution >= 4 is 70.3 Å². The van der Waals surface area contributed by atoms with E-state index in [-0.39, 0.29) is 0 Å². The van der Waals surface area contributed by atoms with Gasteiger partial charge < -0.3 is 4.90 Å². The average Bonchev–Trinajstić information content (AvgIpc) is 3.06. The Kier molecular flexibility index (Phi) is 5.10. The van der Waals surface area contributed by atoms with Crippen LogP contribution in [0.25, 0.3) is 86.9 Å². The normalized spacial score (nSPS) is 12.0. The molecule has 0 aromatic heterocycles. The summed E-state index contributed by atoms with van der Waals surface area (Å²) in [6.45, 7) is 0. The molecule has 0 saturated heterocycles. The molecule has 0 fully saturated rings. The van der Waals surface area contributed by atoms with E-state index in [0.29, 0.717) is 0 Å². The summed E-state index contributed by atoms with van der Waals surface area (Å²) in [7, 11) is 4.29. The highest BCUT2D eigenvalue weighted by Crippen LogP contribution is 2.52. The number of rotatable bonds is 3.